The summed E-state index contributed by atoms with van der Waals surface area (Å²) >= 11 is 1.65. The second kappa shape index (κ2) is 7.04. The minimum Gasteiger partial charge on any atom is -0.496 e. The number of thioether (sulfide) groups is 1. The number of hydrogen-bond donors (Lipinski definition) is 2. The van der Waals surface area contributed by atoms with Crippen LogP contribution < -0.4 is 15.2 Å². The molecule has 4 nitrogen and oxygen atoms in total. The van der Waals surface area contributed by atoms with E-state index in [0.717, 1.165) is 16.2 Å². The van der Waals surface area contributed by atoms with Crippen LogP contribution in [0.15, 0.2) is 47.4 Å². The summed E-state index contributed by atoms with van der Waals surface area (Å²) in [6.45, 7) is 0.418. The lowest BCUT2D eigenvalue weighted by atomic mass is 10.1. The highest BCUT2D eigenvalue weighted by atomic mass is 32.2. The molecular formula is C16H18N2O2S. The molecule has 0 atom stereocenters. The van der Waals surface area contributed by atoms with Crippen molar-refractivity contribution in [2.24, 2.45) is 5.73 Å². The van der Waals surface area contributed by atoms with Gasteiger partial charge in [-0.2, -0.15) is 0 Å². The predicted octanol–water partition coefficient (Wildman–Crippen LogP) is 3.28. The van der Waals surface area contributed by atoms with Crippen molar-refractivity contribution in [2.75, 3.05) is 13.4 Å². The van der Waals surface area contributed by atoms with Crippen LogP contribution in [0.4, 0.5) is 0 Å². The van der Waals surface area contributed by atoms with Crippen LogP contribution >= 0.6 is 11.8 Å². The van der Waals surface area contributed by atoms with Gasteiger partial charge >= 0.3 is 0 Å². The Bertz CT molecular complexity index is 644. The summed E-state index contributed by atoms with van der Waals surface area (Å²) < 4.78 is 11.0. The number of benzene rings is 2. The van der Waals surface area contributed by atoms with Crippen LogP contribution in [0.1, 0.15) is 11.1 Å². The van der Waals surface area contributed by atoms with Crippen LogP contribution in [0.2, 0.25) is 0 Å². The Morgan fingerprint density at radius 3 is 2.62 bits per heavy atom. The van der Waals surface area contributed by atoms with Gasteiger partial charge in [0.1, 0.15) is 23.9 Å². The number of nitrogens with one attached hydrogen (secondary N) is 1. The highest BCUT2D eigenvalue weighted by molar-refractivity contribution is 7.98. The molecule has 21 heavy (non-hydrogen) atoms. The van der Waals surface area contributed by atoms with Crippen molar-refractivity contribution < 1.29 is 9.47 Å². The third kappa shape index (κ3) is 3.70. The van der Waals surface area contributed by atoms with Gasteiger partial charge in [0.15, 0.2) is 0 Å². The zero-order valence-electron chi connectivity index (χ0n) is 12.1. The van der Waals surface area contributed by atoms with E-state index in [2.05, 4.69) is 0 Å². The third-order valence-corrected chi connectivity index (χ3v) is 3.79. The SMILES string of the molecule is COc1ccc(COc2ccccc2SC)cc1C(=N)N. The van der Waals surface area contributed by atoms with Gasteiger partial charge in [0.05, 0.1) is 12.7 Å². The average molecular weight is 302 g/mol. The van der Waals surface area contributed by atoms with Gasteiger partial charge in [-0.25, -0.2) is 0 Å². The van der Waals surface area contributed by atoms with Crippen LogP contribution in [-0.2, 0) is 6.61 Å². The largest absolute Gasteiger partial charge is 0.496 e. The van der Waals surface area contributed by atoms with Gasteiger partial charge in [0, 0.05) is 4.90 Å². The zero-order valence-corrected chi connectivity index (χ0v) is 12.9. The molecule has 2 rings (SSSR count). The molecule has 0 heterocycles. The van der Waals surface area contributed by atoms with E-state index in [0.29, 0.717) is 17.9 Å². The first-order valence-corrected chi connectivity index (χ1v) is 7.65. The molecule has 0 saturated carbocycles. The average Bonchev–Trinajstić information content (AvgIpc) is 2.52. The van der Waals surface area contributed by atoms with Crippen LogP contribution in [0, 0.1) is 5.41 Å². The molecule has 0 aromatic heterocycles. The van der Waals surface area contributed by atoms with Gasteiger partial charge in [-0.15, -0.1) is 11.8 Å². The van der Waals surface area contributed by atoms with Crippen LogP contribution in [0.25, 0.3) is 0 Å². The summed E-state index contributed by atoms with van der Waals surface area (Å²) in [6, 6.07) is 13.4. The Kier molecular flexibility index (Phi) is 5.11. The van der Waals surface area contributed by atoms with Gasteiger partial charge in [0.25, 0.3) is 0 Å². The van der Waals surface area contributed by atoms with E-state index in [-0.39, 0.29) is 5.84 Å². The number of amidine groups is 1. The van der Waals surface area contributed by atoms with Gasteiger partial charge in [-0.3, -0.25) is 5.41 Å². The highest BCUT2D eigenvalue weighted by Gasteiger charge is 2.08. The topological polar surface area (TPSA) is 68.3 Å². The quantitative estimate of drug-likeness (QED) is 0.488. The number of rotatable bonds is 6. The maximum Gasteiger partial charge on any atom is 0.133 e. The van der Waals surface area contributed by atoms with E-state index in [1.165, 1.54) is 0 Å². The maximum absolute atomic E-state index is 7.59. The summed E-state index contributed by atoms with van der Waals surface area (Å²) in [5, 5.41) is 7.59. The van der Waals surface area contributed by atoms with Crippen molar-refractivity contribution in [3.05, 3.63) is 53.6 Å². The fourth-order valence-corrected chi connectivity index (χ4v) is 2.50. The number of methoxy groups -OCH3 is 1. The van der Waals surface area contributed by atoms with Gasteiger partial charge in [-0.1, -0.05) is 18.2 Å². The molecule has 0 aliphatic rings. The maximum atomic E-state index is 7.59. The van der Waals surface area contributed by atoms with Gasteiger partial charge < -0.3 is 15.2 Å². The lowest BCUT2D eigenvalue weighted by molar-refractivity contribution is 0.298. The van der Waals surface area contributed by atoms with E-state index >= 15 is 0 Å². The van der Waals surface area contributed by atoms with E-state index in [4.69, 9.17) is 20.6 Å². The first kappa shape index (κ1) is 15.3. The summed E-state index contributed by atoms with van der Waals surface area (Å²) in [7, 11) is 1.56. The molecule has 0 radical (unpaired) electrons. The smallest absolute Gasteiger partial charge is 0.133 e. The molecule has 0 saturated heterocycles. The zero-order chi connectivity index (χ0) is 15.2. The lowest BCUT2D eigenvalue weighted by Crippen LogP contribution is -2.13. The van der Waals surface area contributed by atoms with E-state index in [1.54, 1.807) is 24.9 Å². The van der Waals surface area contributed by atoms with E-state index in [1.807, 2.05) is 42.7 Å². The molecule has 0 aliphatic carbocycles. The summed E-state index contributed by atoms with van der Waals surface area (Å²) in [6.07, 6.45) is 2.02. The van der Waals surface area contributed by atoms with Crippen molar-refractivity contribution >= 4 is 17.6 Å². The Labute approximate surface area is 128 Å². The number of nitrogen functional groups attached to an aromatic ring is 1. The summed E-state index contributed by atoms with van der Waals surface area (Å²) in [5.74, 6) is 1.43. The molecule has 0 aliphatic heterocycles. The lowest BCUT2D eigenvalue weighted by Gasteiger charge is -2.12. The monoisotopic (exact) mass is 302 g/mol. The number of para-hydroxylation sites is 1. The molecular weight excluding hydrogens is 284 g/mol. The minimum atomic E-state index is -0.0155. The Morgan fingerprint density at radius 2 is 1.95 bits per heavy atom. The van der Waals surface area contributed by atoms with Crippen molar-refractivity contribution in [2.45, 2.75) is 11.5 Å². The Balaban J connectivity index is 2.17. The standard InChI is InChI=1S/C16H18N2O2S/c1-19-13-8-7-11(9-12(13)16(17)18)10-20-14-5-3-4-6-15(14)21-2/h3-9H,10H2,1-2H3,(H3,17,18). The fraction of sp³-hybridized carbons (Fsp3) is 0.188. The second-order valence-electron chi connectivity index (χ2n) is 4.39. The molecule has 0 bridgehead atoms. The van der Waals surface area contributed by atoms with Crippen molar-refractivity contribution in [3.63, 3.8) is 0 Å². The first-order chi connectivity index (χ1) is 10.2. The summed E-state index contributed by atoms with van der Waals surface area (Å²) in [4.78, 5) is 1.10. The van der Waals surface area contributed by atoms with E-state index < -0.39 is 0 Å². The number of ether oxygens (including phenoxy) is 2. The minimum absolute atomic E-state index is 0.0155. The number of hydrogen-bond acceptors (Lipinski definition) is 4. The van der Waals surface area contributed by atoms with Crippen molar-refractivity contribution in [3.8, 4) is 11.5 Å². The first-order valence-electron chi connectivity index (χ1n) is 6.43. The molecule has 0 unspecified atom stereocenters. The molecule has 0 fully saturated rings. The molecule has 2 aromatic rings. The van der Waals surface area contributed by atoms with Crippen LogP contribution in [0.3, 0.4) is 0 Å². The van der Waals surface area contributed by atoms with Gasteiger partial charge in [-0.05, 0) is 36.1 Å². The molecule has 110 valence electrons. The molecule has 0 spiro atoms. The molecule has 5 heteroatoms. The van der Waals surface area contributed by atoms with E-state index in [9.17, 15) is 0 Å². The van der Waals surface area contributed by atoms with Crippen LogP contribution in [-0.4, -0.2) is 19.2 Å². The Hall–Kier alpha value is -2.14. The third-order valence-electron chi connectivity index (χ3n) is 3.02. The highest BCUT2D eigenvalue weighted by Crippen LogP contribution is 2.28. The Morgan fingerprint density at radius 1 is 1.19 bits per heavy atom. The normalized spacial score (nSPS) is 10.2. The second-order valence-corrected chi connectivity index (χ2v) is 5.24. The van der Waals surface area contributed by atoms with Gasteiger partial charge in [0.2, 0.25) is 0 Å². The van der Waals surface area contributed by atoms with Crippen LogP contribution in [0.5, 0.6) is 11.5 Å². The summed E-state index contributed by atoms with van der Waals surface area (Å²) in [5.41, 5.74) is 7.09. The predicted molar refractivity (Wildman–Crippen MR) is 86.6 cm³/mol. The molecule has 2 aromatic carbocycles. The van der Waals surface area contributed by atoms with Crippen molar-refractivity contribution in [1.82, 2.24) is 0 Å². The number of nitrogens with two attached hydrogens (primary N) is 1. The fourth-order valence-electron chi connectivity index (χ4n) is 1.95. The van der Waals surface area contributed by atoms with Crippen molar-refractivity contribution in [1.29, 1.82) is 5.41 Å². The molecule has 0 amide bonds. The molecule has 3 N–H and O–H groups in total.